The molecule has 0 bridgehead atoms. The van der Waals surface area contributed by atoms with Crippen LogP contribution in [0.3, 0.4) is 0 Å². The highest BCUT2D eigenvalue weighted by atomic mass is 16.5. The quantitative estimate of drug-likeness (QED) is 0.697. The molecule has 0 aromatic rings. The van der Waals surface area contributed by atoms with E-state index in [2.05, 4.69) is 32.3 Å². The fourth-order valence-electron chi connectivity index (χ4n) is 1.98. The van der Waals surface area contributed by atoms with Crippen molar-refractivity contribution >= 4 is 0 Å². The maximum absolute atomic E-state index is 6.08. The molecule has 0 aromatic heterocycles. The van der Waals surface area contributed by atoms with E-state index in [-0.39, 0.29) is 11.5 Å². The number of rotatable bonds is 5. The normalized spacial score (nSPS) is 31.5. The van der Waals surface area contributed by atoms with Gasteiger partial charge in [0.2, 0.25) is 0 Å². The molecule has 1 rings (SSSR count). The van der Waals surface area contributed by atoms with Gasteiger partial charge >= 0.3 is 0 Å². The zero-order valence-corrected chi connectivity index (χ0v) is 10.2. The first-order chi connectivity index (χ1) is 6.99. The molecule has 0 saturated carbocycles. The topological polar surface area (TPSA) is 38.5 Å². The van der Waals surface area contributed by atoms with Crippen molar-refractivity contribution in [2.75, 3.05) is 26.3 Å². The van der Waals surface area contributed by atoms with Crippen molar-refractivity contribution in [1.82, 2.24) is 4.90 Å². The van der Waals surface area contributed by atoms with Crippen molar-refractivity contribution < 1.29 is 4.74 Å². The van der Waals surface area contributed by atoms with Crippen LogP contribution >= 0.6 is 0 Å². The van der Waals surface area contributed by atoms with Gasteiger partial charge in [0.1, 0.15) is 0 Å². The summed E-state index contributed by atoms with van der Waals surface area (Å²) in [6, 6.07) is 0.677. The van der Waals surface area contributed by atoms with Crippen molar-refractivity contribution in [2.24, 2.45) is 11.1 Å². The zero-order chi connectivity index (χ0) is 11.5. The van der Waals surface area contributed by atoms with Crippen molar-refractivity contribution in [3.05, 3.63) is 12.7 Å². The summed E-state index contributed by atoms with van der Waals surface area (Å²) in [6.07, 6.45) is 1.95. The molecule has 1 aliphatic rings. The molecule has 88 valence electrons. The van der Waals surface area contributed by atoms with Gasteiger partial charge in [-0.3, -0.25) is 4.90 Å². The van der Waals surface area contributed by atoms with E-state index in [1.807, 2.05) is 6.08 Å². The van der Waals surface area contributed by atoms with E-state index in [1.54, 1.807) is 0 Å². The van der Waals surface area contributed by atoms with Gasteiger partial charge in [0.25, 0.3) is 0 Å². The Morgan fingerprint density at radius 3 is 2.73 bits per heavy atom. The van der Waals surface area contributed by atoms with Crippen LogP contribution in [0.15, 0.2) is 12.7 Å². The van der Waals surface area contributed by atoms with Gasteiger partial charge in [-0.25, -0.2) is 0 Å². The molecule has 0 aromatic carbocycles. The predicted molar refractivity (Wildman–Crippen MR) is 63.8 cm³/mol. The number of hydrogen-bond donors (Lipinski definition) is 1. The Bertz CT molecular complexity index is 218. The van der Waals surface area contributed by atoms with Gasteiger partial charge in [-0.15, -0.1) is 6.58 Å². The Balaban J connectivity index is 2.60. The molecule has 1 fully saturated rings. The van der Waals surface area contributed by atoms with Gasteiger partial charge in [0.05, 0.1) is 13.2 Å². The van der Waals surface area contributed by atoms with Crippen LogP contribution in [0.2, 0.25) is 0 Å². The van der Waals surface area contributed by atoms with E-state index < -0.39 is 0 Å². The van der Waals surface area contributed by atoms with Gasteiger partial charge in [-0.05, 0) is 13.8 Å². The van der Waals surface area contributed by atoms with Gasteiger partial charge < -0.3 is 10.5 Å². The van der Waals surface area contributed by atoms with Crippen LogP contribution in [-0.2, 0) is 4.74 Å². The summed E-state index contributed by atoms with van der Waals surface area (Å²) in [7, 11) is 0. The number of nitrogens with zero attached hydrogens (tertiary/aromatic N) is 1. The fourth-order valence-corrected chi connectivity index (χ4v) is 1.98. The second-order valence-corrected chi connectivity index (χ2v) is 5.09. The third-order valence-corrected chi connectivity index (χ3v) is 3.28. The molecule has 2 N–H and O–H groups in total. The first kappa shape index (κ1) is 12.7. The molecule has 2 unspecified atom stereocenters. The van der Waals surface area contributed by atoms with E-state index in [0.29, 0.717) is 12.6 Å². The molecule has 15 heavy (non-hydrogen) atoms. The Hall–Kier alpha value is -0.380. The molecule has 0 spiro atoms. The summed E-state index contributed by atoms with van der Waals surface area (Å²) in [6.45, 7) is 13.8. The summed E-state index contributed by atoms with van der Waals surface area (Å²) in [4.78, 5) is 2.39. The second kappa shape index (κ2) is 5.10. The van der Waals surface area contributed by atoms with Crippen LogP contribution in [0, 0.1) is 5.41 Å². The highest BCUT2D eigenvalue weighted by Gasteiger charge is 2.39. The molecular weight excluding hydrogens is 188 g/mol. The van der Waals surface area contributed by atoms with Crippen LogP contribution < -0.4 is 5.73 Å². The fraction of sp³-hybridized carbons (Fsp3) is 0.833. The standard InChI is InChI=1S/C12H24N2O/c1-5-6-14(10(2)3)8-12(4)9-15-7-11(12)13/h5,10-11H,1,6-9,13H2,2-4H3. The summed E-state index contributed by atoms with van der Waals surface area (Å²) >= 11 is 0. The predicted octanol–water partition coefficient (Wildman–Crippen LogP) is 1.25. The molecule has 3 nitrogen and oxygen atoms in total. The molecule has 2 atom stereocenters. The first-order valence-corrected chi connectivity index (χ1v) is 5.68. The third kappa shape index (κ3) is 3.03. The Morgan fingerprint density at radius 2 is 2.33 bits per heavy atom. The van der Waals surface area contributed by atoms with Gasteiger partial charge in [-0.1, -0.05) is 13.0 Å². The third-order valence-electron chi connectivity index (χ3n) is 3.28. The average Bonchev–Trinajstić information content (AvgIpc) is 2.46. The minimum atomic E-state index is 0.0906. The van der Waals surface area contributed by atoms with Crippen LogP contribution in [0.25, 0.3) is 0 Å². The van der Waals surface area contributed by atoms with Crippen LogP contribution in [0.4, 0.5) is 0 Å². The van der Waals surface area contributed by atoms with Gasteiger partial charge in [-0.2, -0.15) is 0 Å². The monoisotopic (exact) mass is 212 g/mol. The maximum atomic E-state index is 6.08. The zero-order valence-electron chi connectivity index (χ0n) is 10.2. The number of nitrogens with two attached hydrogens (primary N) is 1. The van der Waals surface area contributed by atoms with E-state index >= 15 is 0 Å². The van der Waals surface area contributed by atoms with Gasteiger partial charge in [0.15, 0.2) is 0 Å². The Labute approximate surface area is 93.3 Å². The molecule has 3 heteroatoms. The minimum Gasteiger partial charge on any atom is -0.379 e. The smallest absolute Gasteiger partial charge is 0.0624 e. The lowest BCUT2D eigenvalue weighted by molar-refractivity contribution is 0.110. The molecule has 0 radical (unpaired) electrons. The Morgan fingerprint density at radius 1 is 1.67 bits per heavy atom. The lowest BCUT2D eigenvalue weighted by Crippen LogP contribution is -2.48. The molecule has 0 aliphatic carbocycles. The molecular formula is C12H24N2O. The van der Waals surface area contributed by atoms with Crippen molar-refractivity contribution in [3.63, 3.8) is 0 Å². The number of ether oxygens (including phenoxy) is 1. The van der Waals surface area contributed by atoms with Gasteiger partial charge in [0, 0.05) is 30.6 Å². The van der Waals surface area contributed by atoms with E-state index in [0.717, 1.165) is 19.7 Å². The summed E-state index contributed by atoms with van der Waals surface area (Å²) in [5, 5.41) is 0. The molecule has 1 heterocycles. The van der Waals surface area contributed by atoms with Crippen LogP contribution in [0.5, 0.6) is 0 Å². The average molecular weight is 212 g/mol. The SMILES string of the molecule is C=CCN(CC1(C)COCC1N)C(C)C. The first-order valence-electron chi connectivity index (χ1n) is 5.68. The maximum Gasteiger partial charge on any atom is 0.0624 e. The van der Waals surface area contributed by atoms with Crippen molar-refractivity contribution in [3.8, 4) is 0 Å². The highest BCUT2D eigenvalue weighted by molar-refractivity contribution is 4.93. The van der Waals surface area contributed by atoms with E-state index in [1.165, 1.54) is 0 Å². The minimum absolute atomic E-state index is 0.0906. The molecule has 1 aliphatic heterocycles. The highest BCUT2D eigenvalue weighted by Crippen LogP contribution is 2.28. The second-order valence-electron chi connectivity index (χ2n) is 5.09. The summed E-state index contributed by atoms with van der Waals surface area (Å²) in [5.74, 6) is 0. The summed E-state index contributed by atoms with van der Waals surface area (Å²) < 4.78 is 5.45. The Kier molecular flexibility index (Phi) is 4.32. The van der Waals surface area contributed by atoms with E-state index in [9.17, 15) is 0 Å². The van der Waals surface area contributed by atoms with Crippen molar-refractivity contribution in [1.29, 1.82) is 0 Å². The molecule has 0 amide bonds. The van der Waals surface area contributed by atoms with Crippen LogP contribution in [0.1, 0.15) is 20.8 Å². The van der Waals surface area contributed by atoms with E-state index in [4.69, 9.17) is 10.5 Å². The lowest BCUT2D eigenvalue weighted by Gasteiger charge is -2.35. The van der Waals surface area contributed by atoms with Crippen LogP contribution in [-0.4, -0.2) is 43.3 Å². The molecule has 1 saturated heterocycles. The lowest BCUT2D eigenvalue weighted by atomic mass is 9.85. The number of hydrogen-bond acceptors (Lipinski definition) is 3. The largest absolute Gasteiger partial charge is 0.379 e. The van der Waals surface area contributed by atoms with Crippen molar-refractivity contribution in [2.45, 2.75) is 32.9 Å². The summed E-state index contributed by atoms with van der Waals surface area (Å²) in [5.41, 5.74) is 6.17.